The van der Waals surface area contributed by atoms with E-state index in [1.165, 1.54) is 0 Å². The zero-order valence-electron chi connectivity index (χ0n) is 12.4. The van der Waals surface area contributed by atoms with Gasteiger partial charge in [0.2, 0.25) is 0 Å². The van der Waals surface area contributed by atoms with Crippen molar-refractivity contribution >= 4 is 17.3 Å². The SMILES string of the molecule is Nc1ccc(-c2ccc(N)cc2-c2ccccc2C(=O)O)cc1. The number of carboxylic acids is 1. The summed E-state index contributed by atoms with van der Waals surface area (Å²) in [6, 6.07) is 19.9. The summed E-state index contributed by atoms with van der Waals surface area (Å²) < 4.78 is 0. The molecule has 4 nitrogen and oxygen atoms in total. The molecule has 0 radical (unpaired) electrons. The van der Waals surface area contributed by atoms with Gasteiger partial charge in [-0.15, -0.1) is 0 Å². The molecule has 0 unspecified atom stereocenters. The number of anilines is 2. The van der Waals surface area contributed by atoms with E-state index in [1.807, 2.05) is 36.4 Å². The summed E-state index contributed by atoms with van der Waals surface area (Å²) in [5.41, 5.74) is 16.5. The molecule has 0 bridgehead atoms. The first-order valence-corrected chi connectivity index (χ1v) is 7.14. The first kappa shape index (κ1) is 14.7. The number of hydrogen-bond acceptors (Lipinski definition) is 3. The molecular weight excluding hydrogens is 288 g/mol. The Balaban J connectivity index is 2.26. The molecule has 5 N–H and O–H groups in total. The van der Waals surface area contributed by atoms with Gasteiger partial charge < -0.3 is 16.6 Å². The Kier molecular flexibility index (Phi) is 3.73. The summed E-state index contributed by atoms with van der Waals surface area (Å²) in [7, 11) is 0. The van der Waals surface area contributed by atoms with Crippen molar-refractivity contribution in [1.82, 2.24) is 0 Å². The first-order chi connectivity index (χ1) is 11.1. The number of nitrogen functional groups attached to an aromatic ring is 2. The van der Waals surface area contributed by atoms with Gasteiger partial charge in [0.25, 0.3) is 0 Å². The molecule has 0 amide bonds. The molecule has 0 aromatic heterocycles. The van der Waals surface area contributed by atoms with Crippen LogP contribution in [0.15, 0.2) is 66.7 Å². The average Bonchev–Trinajstić information content (AvgIpc) is 2.56. The number of carbonyl (C=O) groups is 1. The van der Waals surface area contributed by atoms with E-state index in [-0.39, 0.29) is 5.56 Å². The Labute approximate surface area is 134 Å². The molecule has 4 heteroatoms. The minimum absolute atomic E-state index is 0.245. The number of benzene rings is 3. The third kappa shape index (κ3) is 2.87. The number of aromatic carboxylic acids is 1. The van der Waals surface area contributed by atoms with Gasteiger partial charge in [-0.05, 0) is 52.6 Å². The monoisotopic (exact) mass is 304 g/mol. The minimum Gasteiger partial charge on any atom is -0.478 e. The smallest absolute Gasteiger partial charge is 0.336 e. The van der Waals surface area contributed by atoms with E-state index in [0.29, 0.717) is 16.9 Å². The molecule has 23 heavy (non-hydrogen) atoms. The highest BCUT2D eigenvalue weighted by molar-refractivity contribution is 5.99. The zero-order valence-corrected chi connectivity index (χ0v) is 12.4. The Bertz CT molecular complexity index is 871. The van der Waals surface area contributed by atoms with Gasteiger partial charge in [0.1, 0.15) is 0 Å². The highest BCUT2D eigenvalue weighted by atomic mass is 16.4. The maximum Gasteiger partial charge on any atom is 0.336 e. The van der Waals surface area contributed by atoms with Crippen LogP contribution in [0.1, 0.15) is 10.4 Å². The van der Waals surface area contributed by atoms with Crippen LogP contribution in [-0.4, -0.2) is 11.1 Å². The molecule has 0 spiro atoms. The van der Waals surface area contributed by atoms with Crippen molar-refractivity contribution in [3.05, 3.63) is 72.3 Å². The second-order valence-electron chi connectivity index (χ2n) is 5.28. The quantitative estimate of drug-likeness (QED) is 0.640. The molecule has 0 aliphatic rings. The summed E-state index contributed by atoms with van der Waals surface area (Å²) in [5, 5.41) is 9.45. The number of nitrogens with two attached hydrogens (primary N) is 2. The lowest BCUT2D eigenvalue weighted by atomic mass is 9.91. The lowest BCUT2D eigenvalue weighted by Crippen LogP contribution is -2.00. The Morgan fingerprint density at radius 2 is 1.39 bits per heavy atom. The van der Waals surface area contributed by atoms with Gasteiger partial charge in [-0.3, -0.25) is 0 Å². The first-order valence-electron chi connectivity index (χ1n) is 7.14. The van der Waals surface area contributed by atoms with Crippen LogP contribution < -0.4 is 11.5 Å². The number of hydrogen-bond donors (Lipinski definition) is 3. The zero-order chi connectivity index (χ0) is 16.4. The van der Waals surface area contributed by atoms with Crippen LogP contribution in [0.2, 0.25) is 0 Å². The Morgan fingerprint density at radius 3 is 2.09 bits per heavy atom. The third-order valence-corrected chi connectivity index (χ3v) is 3.71. The standard InChI is InChI=1S/C19H16N2O2/c20-13-7-5-12(6-8-13)15-10-9-14(21)11-18(15)16-3-1-2-4-17(16)19(22)23/h1-11H,20-21H2,(H,22,23). The molecular formula is C19H16N2O2. The lowest BCUT2D eigenvalue weighted by Gasteiger charge is -2.13. The van der Waals surface area contributed by atoms with Crippen molar-refractivity contribution in [2.24, 2.45) is 0 Å². The summed E-state index contributed by atoms with van der Waals surface area (Å²) in [6.45, 7) is 0. The second kappa shape index (κ2) is 5.85. The summed E-state index contributed by atoms with van der Waals surface area (Å²) in [5.74, 6) is -0.966. The van der Waals surface area contributed by atoms with Crippen LogP contribution >= 0.6 is 0 Å². The van der Waals surface area contributed by atoms with E-state index in [0.717, 1.165) is 16.7 Å². The topological polar surface area (TPSA) is 89.3 Å². The van der Waals surface area contributed by atoms with Crippen LogP contribution in [0.25, 0.3) is 22.3 Å². The van der Waals surface area contributed by atoms with Crippen LogP contribution in [-0.2, 0) is 0 Å². The van der Waals surface area contributed by atoms with E-state index >= 15 is 0 Å². The molecule has 3 rings (SSSR count). The average molecular weight is 304 g/mol. The van der Waals surface area contributed by atoms with Gasteiger partial charge in [0, 0.05) is 11.4 Å². The predicted molar refractivity (Wildman–Crippen MR) is 93.1 cm³/mol. The molecule has 114 valence electrons. The summed E-state index contributed by atoms with van der Waals surface area (Å²) >= 11 is 0. The Morgan fingerprint density at radius 1 is 0.739 bits per heavy atom. The molecule has 0 aliphatic carbocycles. The van der Waals surface area contributed by atoms with Crippen molar-refractivity contribution in [2.45, 2.75) is 0 Å². The molecule has 3 aromatic rings. The largest absolute Gasteiger partial charge is 0.478 e. The fourth-order valence-corrected chi connectivity index (χ4v) is 2.60. The van der Waals surface area contributed by atoms with Crippen molar-refractivity contribution in [3.8, 4) is 22.3 Å². The van der Waals surface area contributed by atoms with E-state index in [9.17, 15) is 9.90 Å². The molecule has 0 fully saturated rings. The fourth-order valence-electron chi connectivity index (χ4n) is 2.60. The van der Waals surface area contributed by atoms with Crippen molar-refractivity contribution < 1.29 is 9.90 Å². The van der Waals surface area contributed by atoms with Gasteiger partial charge in [-0.2, -0.15) is 0 Å². The number of rotatable bonds is 3. The molecule has 0 atom stereocenters. The van der Waals surface area contributed by atoms with Crippen LogP contribution in [0.5, 0.6) is 0 Å². The maximum atomic E-state index is 11.5. The Hall–Kier alpha value is -3.27. The van der Waals surface area contributed by atoms with E-state index < -0.39 is 5.97 Å². The fraction of sp³-hybridized carbons (Fsp3) is 0. The summed E-state index contributed by atoms with van der Waals surface area (Å²) in [6.07, 6.45) is 0. The molecule has 0 saturated heterocycles. The highest BCUT2D eigenvalue weighted by Gasteiger charge is 2.15. The third-order valence-electron chi connectivity index (χ3n) is 3.71. The van der Waals surface area contributed by atoms with Gasteiger partial charge in [0.15, 0.2) is 0 Å². The molecule has 0 aliphatic heterocycles. The van der Waals surface area contributed by atoms with Gasteiger partial charge in [-0.25, -0.2) is 4.79 Å². The van der Waals surface area contributed by atoms with Crippen LogP contribution in [0.3, 0.4) is 0 Å². The normalized spacial score (nSPS) is 10.4. The van der Waals surface area contributed by atoms with Gasteiger partial charge in [0.05, 0.1) is 5.56 Å². The van der Waals surface area contributed by atoms with E-state index in [4.69, 9.17) is 11.5 Å². The summed E-state index contributed by atoms with van der Waals surface area (Å²) in [4.78, 5) is 11.5. The number of carboxylic acid groups (broad SMARTS) is 1. The molecule has 0 heterocycles. The van der Waals surface area contributed by atoms with Crippen molar-refractivity contribution in [2.75, 3.05) is 11.5 Å². The van der Waals surface area contributed by atoms with E-state index in [1.54, 1.807) is 30.3 Å². The van der Waals surface area contributed by atoms with Crippen LogP contribution in [0, 0.1) is 0 Å². The predicted octanol–water partition coefficient (Wildman–Crippen LogP) is 3.88. The minimum atomic E-state index is -0.966. The van der Waals surface area contributed by atoms with Crippen LogP contribution in [0.4, 0.5) is 11.4 Å². The van der Waals surface area contributed by atoms with E-state index in [2.05, 4.69) is 0 Å². The van der Waals surface area contributed by atoms with Gasteiger partial charge in [-0.1, -0.05) is 36.4 Å². The highest BCUT2D eigenvalue weighted by Crippen LogP contribution is 2.35. The second-order valence-corrected chi connectivity index (χ2v) is 5.28. The van der Waals surface area contributed by atoms with Gasteiger partial charge >= 0.3 is 5.97 Å². The van der Waals surface area contributed by atoms with Crippen molar-refractivity contribution in [1.29, 1.82) is 0 Å². The molecule has 3 aromatic carbocycles. The molecule has 0 saturated carbocycles. The lowest BCUT2D eigenvalue weighted by molar-refractivity contribution is 0.0697. The van der Waals surface area contributed by atoms with Crippen molar-refractivity contribution in [3.63, 3.8) is 0 Å². The maximum absolute atomic E-state index is 11.5.